The van der Waals surface area contributed by atoms with Gasteiger partial charge in [-0.2, -0.15) is 0 Å². The molecule has 2 heterocycles. The summed E-state index contributed by atoms with van der Waals surface area (Å²) in [6, 6.07) is 11.3. The maximum absolute atomic E-state index is 13.4. The van der Waals surface area contributed by atoms with Gasteiger partial charge in [0.1, 0.15) is 11.9 Å². The van der Waals surface area contributed by atoms with Crippen molar-refractivity contribution in [3.8, 4) is 5.75 Å². The van der Waals surface area contributed by atoms with Crippen LogP contribution in [0.2, 0.25) is 5.02 Å². The monoisotopic (exact) mass is 640 g/mol. The number of esters is 1. The molecule has 0 aromatic heterocycles. The van der Waals surface area contributed by atoms with E-state index in [4.69, 9.17) is 21.1 Å². The van der Waals surface area contributed by atoms with E-state index >= 15 is 0 Å². The lowest BCUT2D eigenvalue weighted by atomic mass is 9.68. The highest BCUT2D eigenvalue weighted by atomic mass is 35.5. The first-order valence-corrected chi connectivity index (χ1v) is 17.6. The summed E-state index contributed by atoms with van der Waals surface area (Å²) in [7, 11) is -3.95. The van der Waals surface area contributed by atoms with Crippen LogP contribution in [0.15, 0.2) is 48.6 Å². The molecular formula is C34H41ClN2O6S. The van der Waals surface area contributed by atoms with Crippen LogP contribution in [0.5, 0.6) is 5.75 Å². The number of hydrogen-bond donors (Lipinski definition) is 1. The second-order valence-electron chi connectivity index (χ2n) is 13.2. The number of fused-ring (bicyclic) bond motifs is 4. The number of benzene rings is 2. The minimum Gasteiger partial charge on any atom is -0.490 e. The highest BCUT2D eigenvalue weighted by Gasteiger charge is 2.45. The molecule has 1 fully saturated rings. The fraction of sp³-hybridized carbons (Fsp3) is 0.529. The van der Waals surface area contributed by atoms with E-state index in [1.165, 1.54) is 18.1 Å². The van der Waals surface area contributed by atoms with Gasteiger partial charge in [0, 0.05) is 41.9 Å². The Labute approximate surface area is 265 Å². The molecule has 2 aromatic carbocycles. The van der Waals surface area contributed by atoms with E-state index in [1.807, 2.05) is 25.1 Å². The number of rotatable bonds is 1. The third-order valence-corrected chi connectivity index (χ3v) is 12.5. The van der Waals surface area contributed by atoms with Gasteiger partial charge in [0.05, 0.1) is 17.5 Å². The molecule has 0 saturated heterocycles. The van der Waals surface area contributed by atoms with Crippen molar-refractivity contribution in [2.24, 2.45) is 17.8 Å². The van der Waals surface area contributed by atoms with Gasteiger partial charge < -0.3 is 14.4 Å². The molecule has 1 saturated carbocycles. The predicted octanol–water partition coefficient (Wildman–Crippen LogP) is 5.82. The van der Waals surface area contributed by atoms with Gasteiger partial charge in [0.25, 0.3) is 5.91 Å². The third-order valence-electron chi connectivity index (χ3n) is 10.3. The maximum Gasteiger partial charge on any atom is 0.303 e. The summed E-state index contributed by atoms with van der Waals surface area (Å²) < 4.78 is 41.2. The van der Waals surface area contributed by atoms with Crippen molar-refractivity contribution in [2.75, 3.05) is 24.6 Å². The smallest absolute Gasteiger partial charge is 0.303 e. The molecule has 6 rings (SSSR count). The molecule has 2 bridgehead atoms. The fourth-order valence-electron chi connectivity index (χ4n) is 7.46. The standard InChI is InChI=1S/C34H41ClN2O6S/c1-21-6-4-8-31(43-23(3)38)28-12-9-26(28)18-37-19-34(15-5-7-24-16-27(35)11-13-29(24)34)20-42-32-14-10-25(17-30(32)37)33(39)36-44(40,41)22(21)2/h4,8,10-11,13-14,16-17,21-22,26,28,31H,5-7,9,12,15,18-20H2,1-3H3,(H,36,39)/b8-4-/t21-,22+,26-,28+,31-,34-/m0/s1. The zero-order valence-corrected chi connectivity index (χ0v) is 27.1. The second-order valence-corrected chi connectivity index (χ2v) is 15.7. The van der Waals surface area contributed by atoms with Crippen LogP contribution >= 0.6 is 11.6 Å². The number of carbonyl (C=O) groups is 2. The summed E-state index contributed by atoms with van der Waals surface area (Å²) in [5.41, 5.74) is 3.23. The minimum atomic E-state index is -3.95. The lowest BCUT2D eigenvalue weighted by Crippen LogP contribution is -2.50. The fourth-order valence-corrected chi connectivity index (χ4v) is 8.94. The lowest BCUT2D eigenvalue weighted by Gasteiger charge is -2.46. The summed E-state index contributed by atoms with van der Waals surface area (Å²) in [4.78, 5) is 27.9. The first-order chi connectivity index (χ1) is 21.0. The minimum absolute atomic E-state index is 0.131. The zero-order valence-electron chi connectivity index (χ0n) is 25.6. The molecule has 1 spiro atoms. The SMILES string of the molecule is CC(=O)O[C@H]1/C=C\C[C@H](C)[C@@H](C)S(=O)(=O)NC(=O)c2ccc3c(c2)N(C[C@@H]2CC[C@H]21)C[C@@]1(CCCc2cc(Cl)ccc21)CO3. The predicted molar refractivity (Wildman–Crippen MR) is 171 cm³/mol. The Hall–Kier alpha value is -3.04. The average molecular weight is 641 g/mol. The van der Waals surface area contributed by atoms with E-state index < -0.39 is 27.3 Å². The van der Waals surface area contributed by atoms with E-state index in [2.05, 4.69) is 21.8 Å². The molecule has 4 aliphatic rings. The van der Waals surface area contributed by atoms with Gasteiger partial charge in [-0.15, -0.1) is 0 Å². The van der Waals surface area contributed by atoms with Gasteiger partial charge in [0.15, 0.2) is 0 Å². The van der Waals surface area contributed by atoms with Crippen molar-refractivity contribution >= 4 is 39.2 Å². The molecule has 0 radical (unpaired) electrons. The number of allylic oxidation sites excluding steroid dienone is 1. The summed E-state index contributed by atoms with van der Waals surface area (Å²) >= 11 is 6.40. The Kier molecular flexibility index (Phi) is 8.48. The van der Waals surface area contributed by atoms with Crippen molar-refractivity contribution in [1.82, 2.24) is 4.72 Å². The molecule has 2 aromatic rings. The third kappa shape index (κ3) is 5.97. The van der Waals surface area contributed by atoms with E-state index in [-0.39, 0.29) is 34.7 Å². The first-order valence-electron chi connectivity index (χ1n) is 15.7. The maximum atomic E-state index is 13.4. The molecule has 1 amide bonds. The van der Waals surface area contributed by atoms with Crippen molar-refractivity contribution in [3.63, 3.8) is 0 Å². The van der Waals surface area contributed by atoms with E-state index in [0.717, 1.165) is 42.8 Å². The Balaban J connectivity index is 1.43. The number of amides is 1. The summed E-state index contributed by atoms with van der Waals surface area (Å²) in [5, 5.41) is -0.0899. The topological polar surface area (TPSA) is 102 Å². The van der Waals surface area contributed by atoms with Crippen LogP contribution in [0.25, 0.3) is 0 Å². The van der Waals surface area contributed by atoms with Crippen LogP contribution < -0.4 is 14.4 Å². The van der Waals surface area contributed by atoms with Gasteiger partial charge in [-0.05, 0) is 105 Å². The summed E-state index contributed by atoms with van der Waals surface area (Å²) in [6.45, 7) is 6.73. The molecule has 236 valence electrons. The lowest BCUT2D eigenvalue weighted by molar-refractivity contribution is -0.149. The number of nitrogens with one attached hydrogen (secondary N) is 1. The number of hydrogen-bond acceptors (Lipinski definition) is 7. The summed E-state index contributed by atoms with van der Waals surface area (Å²) in [5.74, 6) is -0.198. The Morgan fingerprint density at radius 1 is 1.16 bits per heavy atom. The molecule has 2 aliphatic carbocycles. The van der Waals surface area contributed by atoms with Crippen LogP contribution in [0, 0.1) is 17.8 Å². The van der Waals surface area contributed by atoms with Crippen molar-refractivity contribution in [3.05, 3.63) is 70.3 Å². The number of ether oxygens (including phenoxy) is 2. The molecule has 1 N–H and O–H groups in total. The molecular weight excluding hydrogens is 600 g/mol. The van der Waals surface area contributed by atoms with Gasteiger partial charge >= 0.3 is 5.97 Å². The van der Waals surface area contributed by atoms with Gasteiger partial charge in [0.2, 0.25) is 10.0 Å². The molecule has 8 nitrogen and oxygen atoms in total. The van der Waals surface area contributed by atoms with Crippen molar-refractivity contribution in [1.29, 1.82) is 0 Å². The number of carbonyl (C=O) groups excluding carboxylic acids is 2. The Morgan fingerprint density at radius 2 is 1.98 bits per heavy atom. The molecule has 10 heteroatoms. The number of sulfonamides is 1. The normalized spacial score (nSPS) is 32.1. The molecule has 44 heavy (non-hydrogen) atoms. The number of aryl methyl sites for hydroxylation is 1. The zero-order chi connectivity index (χ0) is 31.2. The highest BCUT2D eigenvalue weighted by molar-refractivity contribution is 7.90. The van der Waals surface area contributed by atoms with Gasteiger partial charge in [-0.25, -0.2) is 13.1 Å². The highest BCUT2D eigenvalue weighted by Crippen LogP contribution is 2.47. The Morgan fingerprint density at radius 3 is 2.73 bits per heavy atom. The van der Waals surface area contributed by atoms with Crippen LogP contribution in [-0.4, -0.2) is 51.3 Å². The van der Waals surface area contributed by atoms with E-state index in [9.17, 15) is 18.0 Å². The average Bonchev–Trinajstić information content (AvgIpc) is 3.10. The van der Waals surface area contributed by atoms with E-state index in [1.54, 1.807) is 25.1 Å². The number of nitrogens with zero attached hydrogens (tertiary/aromatic N) is 1. The number of anilines is 1. The molecule has 6 atom stereocenters. The van der Waals surface area contributed by atoms with Crippen LogP contribution in [0.4, 0.5) is 5.69 Å². The largest absolute Gasteiger partial charge is 0.490 e. The van der Waals surface area contributed by atoms with Gasteiger partial charge in [-0.1, -0.05) is 30.7 Å². The summed E-state index contributed by atoms with van der Waals surface area (Å²) in [6.07, 6.45) is 8.77. The van der Waals surface area contributed by atoms with Crippen LogP contribution in [-0.2, 0) is 31.4 Å². The van der Waals surface area contributed by atoms with Crippen LogP contribution in [0.1, 0.15) is 74.4 Å². The van der Waals surface area contributed by atoms with Gasteiger partial charge in [-0.3, -0.25) is 9.59 Å². The Bertz CT molecular complexity index is 1590. The quantitative estimate of drug-likeness (QED) is 0.310. The molecule has 0 unspecified atom stereocenters. The van der Waals surface area contributed by atoms with Crippen molar-refractivity contribution < 1.29 is 27.5 Å². The first kappa shape index (κ1) is 31.0. The number of halogens is 1. The van der Waals surface area contributed by atoms with Crippen molar-refractivity contribution in [2.45, 2.75) is 76.1 Å². The van der Waals surface area contributed by atoms with Crippen LogP contribution in [0.3, 0.4) is 0 Å². The molecule has 2 aliphatic heterocycles. The van der Waals surface area contributed by atoms with E-state index in [0.29, 0.717) is 31.9 Å². The second kappa shape index (κ2) is 12.0.